The fourth-order valence-corrected chi connectivity index (χ4v) is 5.39. The molecule has 0 bridgehead atoms. The molecular weight excluding hydrogens is 423 g/mol. The number of nitrogens with zero attached hydrogens (tertiary/aromatic N) is 1. The van der Waals surface area contributed by atoms with E-state index in [1.165, 1.54) is 6.07 Å². The third-order valence-electron chi connectivity index (χ3n) is 7.06. The van der Waals surface area contributed by atoms with Crippen LogP contribution in [-0.4, -0.2) is 29.9 Å². The zero-order chi connectivity index (χ0) is 22.9. The van der Waals surface area contributed by atoms with Gasteiger partial charge in [0, 0.05) is 18.4 Å². The lowest BCUT2D eigenvalue weighted by molar-refractivity contribution is -0.133. The number of imide groups is 1. The van der Waals surface area contributed by atoms with Crippen LogP contribution in [-0.2, 0) is 22.4 Å². The second-order valence-corrected chi connectivity index (χ2v) is 9.15. The van der Waals surface area contributed by atoms with E-state index in [4.69, 9.17) is 0 Å². The van der Waals surface area contributed by atoms with Crippen LogP contribution in [0.25, 0.3) is 0 Å². The number of urea groups is 1. The van der Waals surface area contributed by atoms with E-state index in [2.05, 4.69) is 16.2 Å². The van der Waals surface area contributed by atoms with E-state index < -0.39 is 23.8 Å². The molecule has 2 aromatic carbocycles. The summed E-state index contributed by atoms with van der Waals surface area (Å²) in [4.78, 5) is 38.8. The average Bonchev–Trinajstić information content (AvgIpc) is 3.10. The fourth-order valence-electron chi connectivity index (χ4n) is 5.39. The van der Waals surface area contributed by atoms with E-state index in [1.54, 1.807) is 12.1 Å². The lowest BCUT2D eigenvalue weighted by atomic mass is 9.72. The number of halogens is 1. The van der Waals surface area contributed by atoms with Crippen molar-refractivity contribution in [3.05, 3.63) is 65.5 Å². The largest absolute Gasteiger partial charge is 0.329 e. The third-order valence-corrected chi connectivity index (χ3v) is 7.06. The van der Waals surface area contributed by atoms with Crippen molar-refractivity contribution < 1.29 is 18.8 Å². The number of carbonyl (C=O) groups is 3. The predicted molar refractivity (Wildman–Crippen MR) is 121 cm³/mol. The molecule has 2 aromatic rings. The Balaban J connectivity index is 1.35. The van der Waals surface area contributed by atoms with Gasteiger partial charge in [-0.2, -0.15) is 0 Å². The van der Waals surface area contributed by atoms with Crippen LogP contribution in [0, 0.1) is 17.7 Å². The van der Waals surface area contributed by atoms with E-state index >= 15 is 0 Å². The number of anilines is 1. The predicted octanol–water partition coefficient (Wildman–Crippen LogP) is 2.85. The van der Waals surface area contributed by atoms with Gasteiger partial charge in [0.2, 0.25) is 5.91 Å². The zero-order valence-electron chi connectivity index (χ0n) is 18.2. The van der Waals surface area contributed by atoms with Gasteiger partial charge in [-0.1, -0.05) is 49.2 Å². The Kier molecular flexibility index (Phi) is 5.85. The first-order chi connectivity index (χ1) is 16.0. The molecule has 4 amide bonds. The van der Waals surface area contributed by atoms with E-state index in [-0.39, 0.29) is 29.5 Å². The molecule has 4 atom stereocenters. The van der Waals surface area contributed by atoms with Gasteiger partial charge < -0.3 is 5.32 Å². The van der Waals surface area contributed by atoms with Crippen LogP contribution in [0.3, 0.4) is 0 Å². The van der Waals surface area contributed by atoms with Crippen molar-refractivity contribution in [2.24, 2.45) is 11.8 Å². The average molecular weight is 451 g/mol. The summed E-state index contributed by atoms with van der Waals surface area (Å²) < 4.78 is 14.8. The van der Waals surface area contributed by atoms with Gasteiger partial charge in [-0.3, -0.25) is 15.0 Å². The molecular formula is C25H27FN4O3. The lowest BCUT2D eigenvalue weighted by Crippen LogP contribution is -2.60. The van der Waals surface area contributed by atoms with Crippen LogP contribution in [0.5, 0.6) is 0 Å². The highest BCUT2D eigenvalue weighted by Crippen LogP contribution is 2.36. The summed E-state index contributed by atoms with van der Waals surface area (Å²) in [6.45, 7) is 0. The van der Waals surface area contributed by atoms with Gasteiger partial charge in [0.1, 0.15) is 11.9 Å². The van der Waals surface area contributed by atoms with Crippen LogP contribution >= 0.6 is 0 Å². The molecule has 0 aromatic heterocycles. The second kappa shape index (κ2) is 8.94. The van der Waals surface area contributed by atoms with Gasteiger partial charge in [0.25, 0.3) is 5.91 Å². The molecule has 2 aliphatic heterocycles. The van der Waals surface area contributed by atoms with E-state index in [0.29, 0.717) is 12.8 Å². The van der Waals surface area contributed by atoms with Gasteiger partial charge in [0.05, 0.1) is 5.69 Å². The van der Waals surface area contributed by atoms with Crippen LogP contribution in [0.4, 0.5) is 14.9 Å². The number of fused-ring (bicyclic) bond motifs is 1. The minimum atomic E-state index is -0.735. The highest BCUT2D eigenvalue weighted by atomic mass is 19.1. The Morgan fingerprint density at radius 3 is 2.55 bits per heavy atom. The Bertz CT molecular complexity index is 1080. The molecule has 172 valence electrons. The molecule has 5 rings (SSSR count). The normalized spacial score (nSPS) is 27.2. The van der Waals surface area contributed by atoms with Crippen molar-refractivity contribution in [3.8, 4) is 0 Å². The smallest absolute Gasteiger partial charge is 0.325 e. The van der Waals surface area contributed by atoms with Crippen LogP contribution in [0.2, 0.25) is 0 Å². The number of rotatable bonds is 5. The molecule has 1 saturated carbocycles. The maximum atomic E-state index is 14.8. The monoisotopic (exact) mass is 450 g/mol. The van der Waals surface area contributed by atoms with E-state index in [1.807, 2.05) is 30.3 Å². The van der Waals surface area contributed by atoms with Gasteiger partial charge in [0.15, 0.2) is 0 Å². The minimum absolute atomic E-state index is 0.00500. The maximum Gasteiger partial charge on any atom is 0.329 e. The topological polar surface area (TPSA) is 90.5 Å². The van der Waals surface area contributed by atoms with Gasteiger partial charge in [-0.15, -0.1) is 0 Å². The number of benzene rings is 2. The Labute approximate surface area is 191 Å². The molecule has 33 heavy (non-hydrogen) atoms. The van der Waals surface area contributed by atoms with Crippen molar-refractivity contribution in [1.82, 2.24) is 16.2 Å². The molecule has 2 heterocycles. The van der Waals surface area contributed by atoms with Crippen molar-refractivity contribution in [1.29, 1.82) is 0 Å². The quantitative estimate of drug-likeness (QED) is 0.611. The first-order valence-electron chi connectivity index (χ1n) is 11.5. The van der Waals surface area contributed by atoms with Crippen LogP contribution < -0.4 is 21.1 Å². The number of hydrogen-bond acceptors (Lipinski definition) is 4. The Morgan fingerprint density at radius 1 is 0.939 bits per heavy atom. The molecule has 3 fully saturated rings. The maximum absolute atomic E-state index is 14.8. The highest BCUT2D eigenvalue weighted by molar-refractivity contribution is 6.21. The molecule has 3 aliphatic rings. The number of hydrazine groups is 1. The van der Waals surface area contributed by atoms with Crippen LogP contribution in [0.1, 0.15) is 36.8 Å². The molecule has 2 saturated heterocycles. The first kappa shape index (κ1) is 21.6. The van der Waals surface area contributed by atoms with Crippen LogP contribution in [0.15, 0.2) is 48.5 Å². The van der Waals surface area contributed by atoms with Crippen molar-refractivity contribution in [2.45, 2.75) is 50.6 Å². The molecule has 1 aliphatic carbocycles. The SMILES string of the molecule is O=C1NNC(Cc2ccc(F)c(N3C(=O)NC(Cc4ccccc4)C3=O)c2)C2CCCCC12. The minimum Gasteiger partial charge on any atom is -0.325 e. The fraction of sp³-hybridized carbons (Fsp3) is 0.400. The first-order valence-corrected chi connectivity index (χ1v) is 11.5. The number of amides is 4. The number of hydrogen-bond donors (Lipinski definition) is 3. The highest BCUT2D eigenvalue weighted by Gasteiger charge is 2.42. The summed E-state index contributed by atoms with van der Waals surface area (Å²) in [7, 11) is 0. The Morgan fingerprint density at radius 2 is 1.73 bits per heavy atom. The van der Waals surface area contributed by atoms with E-state index in [0.717, 1.165) is 41.7 Å². The molecule has 0 spiro atoms. The summed E-state index contributed by atoms with van der Waals surface area (Å²) in [5, 5.41) is 2.68. The molecule has 0 radical (unpaired) electrons. The van der Waals surface area contributed by atoms with E-state index in [9.17, 15) is 18.8 Å². The summed E-state index contributed by atoms with van der Waals surface area (Å²) in [5.74, 6) is -0.833. The van der Waals surface area contributed by atoms with Gasteiger partial charge >= 0.3 is 6.03 Å². The second-order valence-electron chi connectivity index (χ2n) is 9.15. The number of nitrogens with one attached hydrogen (secondary N) is 3. The molecule has 8 heteroatoms. The molecule has 7 nitrogen and oxygen atoms in total. The standard InChI is InChI=1S/C25H27FN4O3/c26-19-11-10-16(13-20-17-8-4-5-9-18(17)23(31)29-28-20)14-22(19)30-24(32)21(27-25(30)33)12-15-6-2-1-3-7-15/h1-3,6-7,10-11,14,17-18,20-21,28H,4-5,8-9,12-13H2,(H,27,33)(H,29,31). The van der Waals surface area contributed by atoms with Gasteiger partial charge in [-0.05, 0) is 48.4 Å². The van der Waals surface area contributed by atoms with Crippen molar-refractivity contribution >= 4 is 23.5 Å². The summed E-state index contributed by atoms with van der Waals surface area (Å²) in [6, 6.07) is 12.6. The molecule has 4 unspecified atom stereocenters. The summed E-state index contributed by atoms with van der Waals surface area (Å²) >= 11 is 0. The molecule has 3 N–H and O–H groups in total. The van der Waals surface area contributed by atoms with Crippen molar-refractivity contribution in [2.75, 3.05) is 4.90 Å². The Hall–Kier alpha value is -3.26. The number of carbonyl (C=O) groups excluding carboxylic acids is 3. The third kappa shape index (κ3) is 4.23. The van der Waals surface area contributed by atoms with Gasteiger partial charge in [-0.25, -0.2) is 19.5 Å². The summed E-state index contributed by atoms with van der Waals surface area (Å²) in [5.41, 5.74) is 7.59. The summed E-state index contributed by atoms with van der Waals surface area (Å²) in [6.07, 6.45) is 4.90. The lowest BCUT2D eigenvalue weighted by Gasteiger charge is -2.41. The van der Waals surface area contributed by atoms with Crippen molar-refractivity contribution in [3.63, 3.8) is 0 Å². The zero-order valence-corrected chi connectivity index (χ0v) is 18.2.